The maximum Gasteiger partial charge on any atom is 0.290 e. The summed E-state index contributed by atoms with van der Waals surface area (Å²) in [5.74, 6) is 1.90. The molecule has 0 aliphatic carbocycles. The molecule has 0 spiro atoms. The van der Waals surface area contributed by atoms with Crippen molar-refractivity contribution in [3.8, 4) is 11.5 Å². The van der Waals surface area contributed by atoms with Crippen LogP contribution in [0, 0.1) is 0 Å². The van der Waals surface area contributed by atoms with E-state index in [9.17, 15) is 4.79 Å². The summed E-state index contributed by atoms with van der Waals surface area (Å²) in [5, 5.41) is 7.06. The SMILES string of the molecule is COc1cccc(CN2CCC(c3cc(C(=O)NCc4ccccc4OC)on3)CC2)c1. The van der Waals surface area contributed by atoms with E-state index in [-0.39, 0.29) is 11.7 Å². The number of ether oxygens (including phenoxy) is 2. The van der Waals surface area contributed by atoms with Gasteiger partial charge in [-0.25, -0.2) is 0 Å². The van der Waals surface area contributed by atoms with Crippen LogP contribution in [0.25, 0.3) is 0 Å². The zero-order valence-corrected chi connectivity index (χ0v) is 18.5. The molecule has 1 fully saturated rings. The van der Waals surface area contributed by atoms with E-state index in [1.807, 2.05) is 36.4 Å². The number of nitrogens with zero attached hydrogens (tertiary/aromatic N) is 2. The first-order valence-corrected chi connectivity index (χ1v) is 10.9. The van der Waals surface area contributed by atoms with Crippen molar-refractivity contribution >= 4 is 5.91 Å². The smallest absolute Gasteiger partial charge is 0.290 e. The van der Waals surface area contributed by atoms with Crippen molar-refractivity contribution in [1.82, 2.24) is 15.4 Å². The van der Waals surface area contributed by atoms with Gasteiger partial charge in [-0.15, -0.1) is 0 Å². The van der Waals surface area contributed by atoms with E-state index in [4.69, 9.17) is 14.0 Å². The highest BCUT2D eigenvalue weighted by atomic mass is 16.5. The molecular weight excluding hydrogens is 406 g/mol. The summed E-state index contributed by atoms with van der Waals surface area (Å²) in [6.45, 7) is 3.22. The number of rotatable bonds is 8. The van der Waals surface area contributed by atoms with E-state index in [0.29, 0.717) is 12.5 Å². The van der Waals surface area contributed by atoms with Crippen LogP contribution < -0.4 is 14.8 Å². The molecule has 0 unspecified atom stereocenters. The summed E-state index contributed by atoms with van der Waals surface area (Å²) in [7, 11) is 3.31. The van der Waals surface area contributed by atoms with Gasteiger partial charge in [0.25, 0.3) is 5.91 Å². The molecule has 0 atom stereocenters. The molecule has 0 bridgehead atoms. The van der Waals surface area contributed by atoms with E-state index < -0.39 is 0 Å². The number of hydrogen-bond acceptors (Lipinski definition) is 6. The molecule has 1 aliphatic heterocycles. The maximum absolute atomic E-state index is 12.5. The molecule has 0 saturated carbocycles. The Morgan fingerprint density at radius 2 is 1.91 bits per heavy atom. The van der Waals surface area contributed by atoms with Crippen molar-refractivity contribution in [2.24, 2.45) is 0 Å². The lowest BCUT2D eigenvalue weighted by molar-refractivity contribution is 0.0913. The molecule has 1 aliphatic rings. The second kappa shape index (κ2) is 10.3. The maximum atomic E-state index is 12.5. The lowest BCUT2D eigenvalue weighted by Crippen LogP contribution is -2.32. The number of nitrogens with one attached hydrogen (secondary N) is 1. The van der Waals surface area contributed by atoms with Gasteiger partial charge in [-0.05, 0) is 49.7 Å². The Bertz CT molecular complexity index is 1040. The highest BCUT2D eigenvalue weighted by molar-refractivity contribution is 5.91. The monoisotopic (exact) mass is 435 g/mol. The number of piperidine rings is 1. The van der Waals surface area contributed by atoms with Gasteiger partial charge < -0.3 is 19.3 Å². The van der Waals surface area contributed by atoms with Crippen LogP contribution in [0.3, 0.4) is 0 Å². The normalized spacial score (nSPS) is 14.8. The van der Waals surface area contributed by atoms with Crippen molar-refractivity contribution in [1.29, 1.82) is 0 Å². The average molecular weight is 436 g/mol. The summed E-state index contributed by atoms with van der Waals surface area (Å²) in [6.07, 6.45) is 1.97. The van der Waals surface area contributed by atoms with Gasteiger partial charge in [0.15, 0.2) is 0 Å². The fourth-order valence-corrected chi connectivity index (χ4v) is 4.12. The van der Waals surface area contributed by atoms with Crippen LogP contribution in [0.15, 0.2) is 59.1 Å². The number of para-hydroxylation sites is 1. The Morgan fingerprint density at radius 3 is 2.69 bits per heavy atom. The van der Waals surface area contributed by atoms with Gasteiger partial charge in [-0.1, -0.05) is 35.5 Å². The third-order valence-electron chi connectivity index (χ3n) is 5.93. The van der Waals surface area contributed by atoms with Gasteiger partial charge in [-0.2, -0.15) is 0 Å². The van der Waals surface area contributed by atoms with Crippen LogP contribution in [0.2, 0.25) is 0 Å². The van der Waals surface area contributed by atoms with Crippen LogP contribution >= 0.6 is 0 Å². The second-order valence-corrected chi connectivity index (χ2v) is 8.01. The standard InChI is InChI=1S/C25H29N3O4/c1-30-21-8-5-6-18(14-21)17-28-12-10-19(11-13-28)22-15-24(32-27-22)25(29)26-16-20-7-3-4-9-23(20)31-2/h3-9,14-15,19H,10-13,16-17H2,1-2H3,(H,26,29). The van der Waals surface area contributed by atoms with Gasteiger partial charge in [0, 0.05) is 30.6 Å². The Kier molecular flexibility index (Phi) is 7.07. The molecule has 1 aromatic heterocycles. The summed E-state index contributed by atoms with van der Waals surface area (Å²) in [5.41, 5.74) is 3.01. The lowest BCUT2D eigenvalue weighted by Gasteiger charge is -2.31. The summed E-state index contributed by atoms with van der Waals surface area (Å²) in [6, 6.07) is 17.6. The van der Waals surface area contributed by atoms with Gasteiger partial charge in [0.2, 0.25) is 5.76 Å². The summed E-state index contributed by atoms with van der Waals surface area (Å²) in [4.78, 5) is 15.0. The molecule has 4 rings (SSSR count). The first kappa shape index (κ1) is 21.9. The first-order valence-electron chi connectivity index (χ1n) is 10.9. The molecule has 2 heterocycles. The second-order valence-electron chi connectivity index (χ2n) is 8.01. The van der Waals surface area contributed by atoms with Crippen molar-refractivity contribution in [2.45, 2.75) is 31.8 Å². The molecule has 7 heteroatoms. The number of benzene rings is 2. The lowest BCUT2D eigenvalue weighted by atomic mass is 9.93. The number of methoxy groups -OCH3 is 2. The van der Waals surface area contributed by atoms with Crippen molar-refractivity contribution < 1.29 is 18.8 Å². The third kappa shape index (κ3) is 5.29. The highest BCUT2D eigenvalue weighted by Gasteiger charge is 2.25. The predicted molar refractivity (Wildman–Crippen MR) is 121 cm³/mol. The van der Waals surface area contributed by atoms with Gasteiger partial charge in [0.1, 0.15) is 11.5 Å². The molecule has 7 nitrogen and oxygen atoms in total. The largest absolute Gasteiger partial charge is 0.497 e. The van der Waals surface area contributed by atoms with E-state index >= 15 is 0 Å². The van der Waals surface area contributed by atoms with Crippen LogP contribution in [0.1, 0.15) is 46.1 Å². The zero-order valence-electron chi connectivity index (χ0n) is 18.5. The quantitative estimate of drug-likeness (QED) is 0.576. The summed E-state index contributed by atoms with van der Waals surface area (Å²) < 4.78 is 16.0. The molecule has 168 valence electrons. The number of carbonyl (C=O) groups excluding carboxylic acids is 1. The fraction of sp³-hybridized carbons (Fsp3) is 0.360. The number of likely N-dealkylation sites (tertiary alicyclic amines) is 1. The van der Waals surface area contributed by atoms with E-state index in [1.54, 1.807) is 20.3 Å². The predicted octanol–water partition coefficient (Wildman–Crippen LogP) is 4.00. The molecule has 1 saturated heterocycles. The average Bonchev–Trinajstić information content (AvgIpc) is 3.34. The molecule has 32 heavy (non-hydrogen) atoms. The Morgan fingerprint density at radius 1 is 1.09 bits per heavy atom. The van der Waals surface area contributed by atoms with E-state index in [1.165, 1.54) is 5.56 Å². The third-order valence-corrected chi connectivity index (χ3v) is 5.93. The van der Waals surface area contributed by atoms with E-state index in [0.717, 1.165) is 55.2 Å². The highest BCUT2D eigenvalue weighted by Crippen LogP contribution is 2.29. The molecule has 3 aromatic rings. The molecule has 1 N–H and O–H groups in total. The van der Waals surface area contributed by atoms with Crippen LogP contribution in [0.4, 0.5) is 0 Å². The van der Waals surface area contributed by atoms with Gasteiger partial charge in [-0.3, -0.25) is 9.69 Å². The van der Waals surface area contributed by atoms with Crippen LogP contribution in [-0.2, 0) is 13.1 Å². The number of carbonyl (C=O) groups is 1. The number of amides is 1. The van der Waals surface area contributed by atoms with E-state index in [2.05, 4.69) is 27.5 Å². The molecular formula is C25H29N3O4. The Labute approximate surface area is 188 Å². The summed E-state index contributed by atoms with van der Waals surface area (Å²) >= 11 is 0. The minimum atomic E-state index is -0.273. The van der Waals surface area contributed by atoms with Crippen molar-refractivity contribution in [2.75, 3.05) is 27.3 Å². The zero-order chi connectivity index (χ0) is 22.3. The topological polar surface area (TPSA) is 76.8 Å². The molecule has 0 radical (unpaired) electrons. The minimum Gasteiger partial charge on any atom is -0.497 e. The molecule has 1 amide bonds. The van der Waals surface area contributed by atoms with Crippen LogP contribution in [-0.4, -0.2) is 43.3 Å². The minimum absolute atomic E-state index is 0.244. The number of aromatic nitrogens is 1. The Balaban J connectivity index is 1.29. The number of hydrogen-bond donors (Lipinski definition) is 1. The van der Waals surface area contributed by atoms with Crippen LogP contribution in [0.5, 0.6) is 11.5 Å². The Hall–Kier alpha value is -3.32. The fourth-order valence-electron chi connectivity index (χ4n) is 4.12. The first-order chi connectivity index (χ1) is 15.7. The van der Waals surface area contributed by atoms with Crippen molar-refractivity contribution in [3.05, 3.63) is 77.2 Å². The molecule has 2 aromatic carbocycles. The van der Waals surface area contributed by atoms with Gasteiger partial charge >= 0.3 is 0 Å². The van der Waals surface area contributed by atoms with Gasteiger partial charge in [0.05, 0.1) is 19.9 Å². The van der Waals surface area contributed by atoms with Crippen molar-refractivity contribution in [3.63, 3.8) is 0 Å².